The summed E-state index contributed by atoms with van der Waals surface area (Å²) in [4.78, 5) is 12.7. The molecule has 0 amide bonds. The molecule has 0 unspecified atom stereocenters. The SMILES string of the molecule is Cc1ccc(Nc2ncc(-c3ccccc3)o2)cc1Nc1ncc(-c2ccncc2)o1. The number of hydrogen-bond donors (Lipinski definition) is 2. The third-order valence-corrected chi connectivity index (χ3v) is 4.76. The first-order valence-corrected chi connectivity index (χ1v) is 9.77. The molecule has 2 N–H and O–H groups in total. The van der Waals surface area contributed by atoms with E-state index in [1.807, 2.05) is 67.6 Å². The van der Waals surface area contributed by atoms with Crippen molar-refractivity contribution in [1.82, 2.24) is 15.0 Å². The molecule has 0 saturated heterocycles. The van der Waals surface area contributed by atoms with E-state index in [2.05, 4.69) is 25.6 Å². The number of aryl methyl sites for hydroxylation is 1. The second-order valence-electron chi connectivity index (χ2n) is 6.94. The van der Waals surface area contributed by atoms with Gasteiger partial charge in [-0.2, -0.15) is 0 Å². The van der Waals surface area contributed by atoms with Crippen molar-refractivity contribution < 1.29 is 8.83 Å². The molecule has 0 aliphatic heterocycles. The number of pyridine rings is 1. The molecule has 5 rings (SSSR count). The molecule has 0 aliphatic carbocycles. The van der Waals surface area contributed by atoms with Crippen LogP contribution in [0.15, 0.2) is 94.3 Å². The van der Waals surface area contributed by atoms with Crippen molar-refractivity contribution in [2.45, 2.75) is 6.92 Å². The van der Waals surface area contributed by atoms with Crippen LogP contribution in [0, 0.1) is 6.92 Å². The molecule has 31 heavy (non-hydrogen) atoms. The molecule has 0 fully saturated rings. The first kappa shape index (κ1) is 18.6. The fourth-order valence-electron chi connectivity index (χ4n) is 3.12. The predicted molar refractivity (Wildman–Crippen MR) is 119 cm³/mol. The molecule has 5 aromatic rings. The maximum atomic E-state index is 5.84. The lowest BCUT2D eigenvalue weighted by Crippen LogP contribution is -1.96. The highest BCUT2D eigenvalue weighted by Crippen LogP contribution is 2.29. The van der Waals surface area contributed by atoms with E-state index in [4.69, 9.17) is 8.83 Å². The standard InChI is InChI=1S/C24H19N5O2/c1-16-7-8-19(28-23-26-14-21(30-23)17-5-3-2-4-6-17)13-20(16)29-24-27-15-22(31-24)18-9-11-25-12-10-18/h2-15H,1H3,(H,26,28)(H,27,29). The van der Waals surface area contributed by atoms with Gasteiger partial charge >= 0.3 is 0 Å². The molecular formula is C24H19N5O2. The van der Waals surface area contributed by atoms with Crippen molar-refractivity contribution in [3.8, 4) is 22.6 Å². The van der Waals surface area contributed by atoms with Gasteiger partial charge in [-0.1, -0.05) is 36.4 Å². The highest BCUT2D eigenvalue weighted by atomic mass is 16.4. The summed E-state index contributed by atoms with van der Waals surface area (Å²) >= 11 is 0. The van der Waals surface area contributed by atoms with Crippen LogP contribution in [0.3, 0.4) is 0 Å². The number of oxazole rings is 2. The molecule has 7 nitrogen and oxygen atoms in total. The van der Waals surface area contributed by atoms with Gasteiger partial charge in [0.05, 0.1) is 12.4 Å². The number of hydrogen-bond acceptors (Lipinski definition) is 7. The zero-order valence-corrected chi connectivity index (χ0v) is 16.7. The summed E-state index contributed by atoms with van der Waals surface area (Å²) in [5.74, 6) is 1.38. The van der Waals surface area contributed by atoms with E-state index in [9.17, 15) is 0 Å². The van der Waals surface area contributed by atoms with Gasteiger partial charge in [0, 0.05) is 34.9 Å². The molecular weight excluding hydrogens is 390 g/mol. The molecule has 0 atom stereocenters. The lowest BCUT2D eigenvalue weighted by molar-refractivity contribution is 0.592. The van der Waals surface area contributed by atoms with Crippen molar-refractivity contribution >= 4 is 23.4 Å². The van der Waals surface area contributed by atoms with E-state index >= 15 is 0 Å². The molecule has 0 bridgehead atoms. The summed E-state index contributed by atoms with van der Waals surface area (Å²) in [6.45, 7) is 2.01. The second-order valence-corrected chi connectivity index (χ2v) is 6.94. The quantitative estimate of drug-likeness (QED) is 0.346. The van der Waals surface area contributed by atoms with Crippen molar-refractivity contribution in [1.29, 1.82) is 0 Å². The maximum absolute atomic E-state index is 5.84. The zero-order chi connectivity index (χ0) is 21.0. The van der Waals surface area contributed by atoms with E-state index in [1.165, 1.54) is 0 Å². The first-order valence-electron chi connectivity index (χ1n) is 9.77. The average Bonchev–Trinajstić information content (AvgIpc) is 3.47. The van der Waals surface area contributed by atoms with Crippen molar-refractivity contribution in [2.75, 3.05) is 10.6 Å². The lowest BCUT2D eigenvalue weighted by atomic mass is 10.2. The summed E-state index contributed by atoms with van der Waals surface area (Å²) in [5.41, 5.74) is 4.63. The number of benzene rings is 2. The summed E-state index contributed by atoms with van der Waals surface area (Å²) in [7, 11) is 0. The third-order valence-electron chi connectivity index (χ3n) is 4.76. The third kappa shape index (κ3) is 4.16. The molecule has 3 heterocycles. The Morgan fingerprint density at radius 3 is 2.06 bits per heavy atom. The number of nitrogens with one attached hydrogen (secondary N) is 2. The fraction of sp³-hybridized carbons (Fsp3) is 0.0417. The Morgan fingerprint density at radius 1 is 0.710 bits per heavy atom. The average molecular weight is 409 g/mol. The van der Waals surface area contributed by atoms with Crippen LogP contribution in [0.4, 0.5) is 23.4 Å². The Hall–Kier alpha value is -4.39. The predicted octanol–water partition coefficient (Wildman–Crippen LogP) is 6.19. The van der Waals surface area contributed by atoms with Crippen LogP contribution in [0.2, 0.25) is 0 Å². The van der Waals surface area contributed by atoms with Crippen LogP contribution in [0.25, 0.3) is 22.6 Å². The van der Waals surface area contributed by atoms with Gasteiger partial charge < -0.3 is 19.5 Å². The molecule has 0 aliphatic rings. The number of rotatable bonds is 6. The van der Waals surface area contributed by atoms with Gasteiger partial charge in [0.2, 0.25) is 0 Å². The number of nitrogens with zero attached hydrogens (tertiary/aromatic N) is 3. The van der Waals surface area contributed by atoms with Crippen LogP contribution in [-0.2, 0) is 0 Å². The molecule has 2 aromatic carbocycles. The van der Waals surface area contributed by atoms with Crippen molar-refractivity contribution in [3.63, 3.8) is 0 Å². The molecule has 0 spiro atoms. The summed E-state index contributed by atoms with van der Waals surface area (Å²) in [6, 6.07) is 20.4. The highest BCUT2D eigenvalue weighted by Gasteiger charge is 2.10. The van der Waals surface area contributed by atoms with Crippen LogP contribution >= 0.6 is 0 Å². The monoisotopic (exact) mass is 409 g/mol. The Bertz CT molecular complexity index is 1300. The molecule has 7 heteroatoms. The second kappa shape index (κ2) is 8.16. The van der Waals surface area contributed by atoms with Gasteiger partial charge in [-0.05, 0) is 36.8 Å². The van der Waals surface area contributed by atoms with Gasteiger partial charge in [-0.15, -0.1) is 0 Å². The smallest absolute Gasteiger partial charge is 0.299 e. The molecule has 152 valence electrons. The Balaban J connectivity index is 1.33. The minimum atomic E-state index is 0.412. The summed E-state index contributed by atoms with van der Waals surface area (Å²) in [6.07, 6.45) is 6.83. The number of aromatic nitrogens is 3. The number of anilines is 4. The van der Waals surface area contributed by atoms with E-state index in [0.29, 0.717) is 23.5 Å². The minimum absolute atomic E-state index is 0.412. The molecule has 0 saturated carbocycles. The van der Waals surface area contributed by atoms with Crippen LogP contribution in [0.1, 0.15) is 5.56 Å². The van der Waals surface area contributed by atoms with Crippen molar-refractivity contribution in [3.05, 3.63) is 91.0 Å². The zero-order valence-electron chi connectivity index (χ0n) is 16.7. The van der Waals surface area contributed by atoms with Gasteiger partial charge in [-0.3, -0.25) is 4.98 Å². The molecule has 0 radical (unpaired) electrons. The van der Waals surface area contributed by atoms with E-state index < -0.39 is 0 Å². The summed E-state index contributed by atoms with van der Waals surface area (Å²) < 4.78 is 11.7. The van der Waals surface area contributed by atoms with Gasteiger partial charge in [0.25, 0.3) is 12.0 Å². The van der Waals surface area contributed by atoms with E-state index in [-0.39, 0.29) is 0 Å². The lowest BCUT2D eigenvalue weighted by Gasteiger charge is -2.09. The largest absolute Gasteiger partial charge is 0.423 e. The molecule has 3 aromatic heterocycles. The van der Waals surface area contributed by atoms with Crippen LogP contribution < -0.4 is 10.6 Å². The van der Waals surface area contributed by atoms with Gasteiger partial charge in [0.15, 0.2) is 11.5 Å². The Labute approximate surface area is 178 Å². The first-order chi connectivity index (χ1) is 15.2. The fourth-order valence-corrected chi connectivity index (χ4v) is 3.12. The van der Waals surface area contributed by atoms with Crippen molar-refractivity contribution in [2.24, 2.45) is 0 Å². The van der Waals surface area contributed by atoms with Crippen LogP contribution in [-0.4, -0.2) is 15.0 Å². The van der Waals surface area contributed by atoms with Gasteiger partial charge in [0.1, 0.15) is 0 Å². The summed E-state index contributed by atoms with van der Waals surface area (Å²) in [5, 5.41) is 6.44. The van der Waals surface area contributed by atoms with Crippen LogP contribution in [0.5, 0.6) is 0 Å². The minimum Gasteiger partial charge on any atom is -0.423 e. The highest BCUT2D eigenvalue weighted by molar-refractivity contribution is 5.68. The Kier molecular flexibility index (Phi) is 4.90. The van der Waals surface area contributed by atoms with E-state index in [0.717, 1.165) is 28.1 Å². The topological polar surface area (TPSA) is 89.0 Å². The van der Waals surface area contributed by atoms with Gasteiger partial charge in [-0.25, -0.2) is 9.97 Å². The maximum Gasteiger partial charge on any atom is 0.299 e. The Morgan fingerprint density at radius 2 is 1.35 bits per heavy atom. The van der Waals surface area contributed by atoms with E-state index in [1.54, 1.807) is 24.8 Å². The normalized spacial score (nSPS) is 10.7.